The van der Waals surface area contributed by atoms with Gasteiger partial charge in [-0.3, -0.25) is 4.79 Å². The van der Waals surface area contributed by atoms with Crippen LogP contribution in [0.5, 0.6) is 0 Å². The van der Waals surface area contributed by atoms with Gasteiger partial charge < -0.3 is 16.0 Å². The van der Waals surface area contributed by atoms with E-state index in [2.05, 4.69) is 32.8 Å². The number of rotatable bonds is 9. The highest BCUT2D eigenvalue weighted by Gasteiger charge is 2.06. The van der Waals surface area contributed by atoms with E-state index in [0.29, 0.717) is 13.0 Å². The van der Waals surface area contributed by atoms with Crippen molar-refractivity contribution in [1.82, 2.24) is 15.3 Å². The second-order valence-corrected chi connectivity index (χ2v) is 4.99. The fraction of sp³-hybridized carbons (Fsp3) is 0.667. The number of nitrogens with zero attached hydrogens (tertiary/aromatic N) is 2. The first-order chi connectivity index (χ1) is 10.1. The lowest BCUT2D eigenvalue weighted by Crippen LogP contribution is -2.33. The standard InChI is InChI=1S/C15H27N5O/c1-5-11(4)18-15(21)8-9-17-14-10-13(16-7-3)19-12(6-2)20-14/h10-11H,5-9H2,1-4H3,(H,18,21)(H2,16,17,19,20). The van der Waals surface area contributed by atoms with Gasteiger partial charge in [0.2, 0.25) is 5.91 Å². The minimum atomic E-state index is 0.0635. The van der Waals surface area contributed by atoms with E-state index in [0.717, 1.165) is 36.8 Å². The number of carbonyl (C=O) groups excluding carboxylic acids is 1. The highest BCUT2D eigenvalue weighted by atomic mass is 16.1. The van der Waals surface area contributed by atoms with Crippen LogP contribution in [0.4, 0.5) is 11.6 Å². The molecule has 0 radical (unpaired) electrons. The second-order valence-electron chi connectivity index (χ2n) is 4.99. The van der Waals surface area contributed by atoms with Crippen LogP contribution < -0.4 is 16.0 Å². The summed E-state index contributed by atoms with van der Waals surface area (Å²) in [5, 5.41) is 9.32. The number of amides is 1. The molecule has 6 heteroatoms. The minimum Gasteiger partial charge on any atom is -0.370 e. The zero-order valence-electron chi connectivity index (χ0n) is 13.5. The number of hydrogen-bond acceptors (Lipinski definition) is 5. The van der Waals surface area contributed by atoms with Gasteiger partial charge in [-0.15, -0.1) is 0 Å². The molecule has 0 bridgehead atoms. The average molecular weight is 293 g/mol. The fourth-order valence-electron chi connectivity index (χ4n) is 1.77. The molecule has 6 nitrogen and oxygen atoms in total. The quantitative estimate of drug-likeness (QED) is 0.650. The maximum Gasteiger partial charge on any atom is 0.221 e. The van der Waals surface area contributed by atoms with E-state index in [-0.39, 0.29) is 11.9 Å². The van der Waals surface area contributed by atoms with Crippen molar-refractivity contribution in [3.05, 3.63) is 11.9 Å². The molecular formula is C15H27N5O. The van der Waals surface area contributed by atoms with E-state index in [4.69, 9.17) is 0 Å². The van der Waals surface area contributed by atoms with Gasteiger partial charge in [-0.1, -0.05) is 13.8 Å². The Labute approximate surface area is 127 Å². The molecule has 21 heavy (non-hydrogen) atoms. The molecule has 118 valence electrons. The zero-order chi connectivity index (χ0) is 15.7. The van der Waals surface area contributed by atoms with E-state index >= 15 is 0 Å². The van der Waals surface area contributed by atoms with Crippen LogP contribution in [0.2, 0.25) is 0 Å². The predicted octanol–water partition coefficient (Wildman–Crippen LogP) is 2.19. The van der Waals surface area contributed by atoms with Crippen LogP contribution in [0.15, 0.2) is 6.07 Å². The Balaban J connectivity index is 2.50. The lowest BCUT2D eigenvalue weighted by molar-refractivity contribution is -0.121. The van der Waals surface area contributed by atoms with Crippen molar-refractivity contribution in [3.63, 3.8) is 0 Å². The van der Waals surface area contributed by atoms with E-state index in [9.17, 15) is 4.79 Å². The first kappa shape index (κ1) is 17.2. The number of nitrogens with one attached hydrogen (secondary N) is 3. The largest absolute Gasteiger partial charge is 0.370 e. The molecule has 0 saturated heterocycles. The highest BCUT2D eigenvalue weighted by molar-refractivity contribution is 5.76. The lowest BCUT2D eigenvalue weighted by atomic mass is 10.2. The molecule has 0 aromatic carbocycles. The van der Waals surface area contributed by atoms with Crippen LogP contribution in [-0.4, -0.2) is 35.0 Å². The van der Waals surface area contributed by atoms with Crippen molar-refractivity contribution in [2.45, 2.75) is 53.0 Å². The molecule has 1 aromatic rings. The van der Waals surface area contributed by atoms with Gasteiger partial charge in [-0.05, 0) is 20.3 Å². The maximum absolute atomic E-state index is 11.7. The summed E-state index contributed by atoms with van der Waals surface area (Å²) in [6.45, 7) is 9.49. The van der Waals surface area contributed by atoms with Crippen molar-refractivity contribution < 1.29 is 4.79 Å². The summed E-state index contributed by atoms with van der Waals surface area (Å²) in [5.41, 5.74) is 0. The first-order valence-electron chi connectivity index (χ1n) is 7.74. The maximum atomic E-state index is 11.7. The third-order valence-electron chi connectivity index (χ3n) is 3.12. The van der Waals surface area contributed by atoms with E-state index < -0.39 is 0 Å². The number of aryl methyl sites for hydroxylation is 1. The topological polar surface area (TPSA) is 78.9 Å². The lowest BCUT2D eigenvalue weighted by Gasteiger charge is -2.12. The smallest absolute Gasteiger partial charge is 0.221 e. The Morgan fingerprint density at radius 2 is 1.86 bits per heavy atom. The molecule has 1 heterocycles. The third-order valence-corrected chi connectivity index (χ3v) is 3.12. The van der Waals surface area contributed by atoms with Crippen molar-refractivity contribution in [1.29, 1.82) is 0 Å². The van der Waals surface area contributed by atoms with Crippen LogP contribution in [-0.2, 0) is 11.2 Å². The van der Waals surface area contributed by atoms with Crippen LogP contribution in [0, 0.1) is 0 Å². The molecular weight excluding hydrogens is 266 g/mol. The molecule has 1 amide bonds. The van der Waals surface area contributed by atoms with Crippen molar-refractivity contribution in [2.24, 2.45) is 0 Å². The van der Waals surface area contributed by atoms with Gasteiger partial charge >= 0.3 is 0 Å². The fourth-order valence-corrected chi connectivity index (χ4v) is 1.77. The Morgan fingerprint density at radius 1 is 1.19 bits per heavy atom. The minimum absolute atomic E-state index is 0.0635. The summed E-state index contributed by atoms with van der Waals surface area (Å²) >= 11 is 0. The van der Waals surface area contributed by atoms with Crippen LogP contribution in [0.1, 0.15) is 46.4 Å². The highest BCUT2D eigenvalue weighted by Crippen LogP contribution is 2.11. The van der Waals surface area contributed by atoms with E-state index in [1.54, 1.807) is 0 Å². The first-order valence-corrected chi connectivity index (χ1v) is 7.74. The molecule has 0 spiro atoms. The Hall–Kier alpha value is -1.85. The van der Waals surface area contributed by atoms with Gasteiger partial charge in [0.25, 0.3) is 0 Å². The third kappa shape index (κ3) is 6.42. The molecule has 0 saturated carbocycles. The molecule has 1 unspecified atom stereocenters. The summed E-state index contributed by atoms with van der Waals surface area (Å²) in [5.74, 6) is 2.43. The Kier molecular flexibility index (Phi) is 7.50. The van der Waals surface area contributed by atoms with E-state index in [1.165, 1.54) is 0 Å². The summed E-state index contributed by atoms with van der Waals surface area (Å²) < 4.78 is 0. The molecule has 0 aliphatic heterocycles. The molecule has 1 atom stereocenters. The number of carbonyl (C=O) groups is 1. The Bertz CT molecular complexity index is 450. The monoisotopic (exact) mass is 293 g/mol. The number of anilines is 2. The van der Waals surface area contributed by atoms with Gasteiger partial charge in [0.1, 0.15) is 17.5 Å². The zero-order valence-corrected chi connectivity index (χ0v) is 13.5. The van der Waals surface area contributed by atoms with E-state index in [1.807, 2.05) is 26.8 Å². The SMILES string of the molecule is CCNc1cc(NCCC(=O)NC(C)CC)nc(CC)n1. The number of aromatic nitrogens is 2. The predicted molar refractivity (Wildman–Crippen MR) is 86.6 cm³/mol. The van der Waals surface area contributed by atoms with Crippen LogP contribution in [0.3, 0.4) is 0 Å². The average Bonchev–Trinajstić information content (AvgIpc) is 2.47. The molecule has 0 fully saturated rings. The molecule has 1 rings (SSSR count). The number of hydrogen-bond donors (Lipinski definition) is 3. The molecule has 0 aliphatic carbocycles. The van der Waals surface area contributed by atoms with Crippen LogP contribution in [0.25, 0.3) is 0 Å². The Morgan fingerprint density at radius 3 is 2.43 bits per heavy atom. The molecule has 1 aromatic heterocycles. The summed E-state index contributed by atoms with van der Waals surface area (Å²) in [4.78, 5) is 20.5. The van der Waals surface area contributed by atoms with Crippen molar-refractivity contribution in [3.8, 4) is 0 Å². The van der Waals surface area contributed by atoms with Gasteiger partial charge in [0.05, 0.1) is 0 Å². The van der Waals surface area contributed by atoms with Gasteiger partial charge in [0, 0.05) is 38.0 Å². The summed E-state index contributed by atoms with van der Waals surface area (Å²) in [7, 11) is 0. The normalized spacial score (nSPS) is 11.8. The van der Waals surface area contributed by atoms with Gasteiger partial charge in [-0.25, -0.2) is 9.97 Å². The molecule has 0 aliphatic rings. The summed E-state index contributed by atoms with van der Waals surface area (Å²) in [6.07, 6.45) is 2.16. The van der Waals surface area contributed by atoms with Crippen LogP contribution >= 0.6 is 0 Å². The van der Waals surface area contributed by atoms with Crippen molar-refractivity contribution >= 4 is 17.5 Å². The van der Waals surface area contributed by atoms with Gasteiger partial charge in [-0.2, -0.15) is 0 Å². The second kappa shape index (κ2) is 9.15. The molecule has 3 N–H and O–H groups in total. The van der Waals surface area contributed by atoms with Gasteiger partial charge in [0.15, 0.2) is 0 Å². The van der Waals surface area contributed by atoms with Crippen molar-refractivity contribution in [2.75, 3.05) is 23.7 Å². The summed E-state index contributed by atoms with van der Waals surface area (Å²) in [6, 6.07) is 2.10.